The number of ether oxygens (including phenoxy) is 1. The van der Waals surface area contributed by atoms with Crippen LogP contribution in [0.2, 0.25) is 10.0 Å². The molecule has 0 aliphatic heterocycles. The average Bonchev–Trinajstić information content (AvgIpc) is 2.63. The van der Waals surface area contributed by atoms with Gasteiger partial charge in [0, 0.05) is 17.1 Å². The highest BCUT2D eigenvalue weighted by Gasteiger charge is 2.21. The number of rotatable bonds is 4. The highest BCUT2D eigenvalue weighted by atomic mass is 35.5. The molecule has 0 aliphatic rings. The highest BCUT2D eigenvalue weighted by Crippen LogP contribution is 2.36. The van der Waals surface area contributed by atoms with Crippen LogP contribution in [-0.4, -0.2) is 18.9 Å². The molecule has 1 heterocycles. The monoisotopic (exact) mass is 471 g/mol. The van der Waals surface area contributed by atoms with Crippen LogP contribution in [0.3, 0.4) is 0 Å². The number of hydrogen-bond donors (Lipinski definition) is 2. The summed E-state index contributed by atoms with van der Waals surface area (Å²) >= 11 is 11.9. The number of nitrogens with two attached hydrogens (primary N) is 1. The van der Waals surface area contributed by atoms with Gasteiger partial charge in [0.2, 0.25) is 0 Å². The second-order valence-corrected chi connectivity index (χ2v) is 8.78. The van der Waals surface area contributed by atoms with Crippen molar-refractivity contribution >= 4 is 55.9 Å². The van der Waals surface area contributed by atoms with Gasteiger partial charge >= 0.3 is 11.6 Å². The second-order valence-electron chi connectivity index (χ2n) is 6.54. The number of benzene rings is 2. The number of carbonyl (C=O) groups is 1. The molecule has 0 fully saturated rings. The fraction of sp³-hybridized carbons (Fsp3) is 0.158. The minimum atomic E-state index is -4.55. The minimum Gasteiger partial charge on any atom is -0.423 e. The minimum absolute atomic E-state index is 0.0819. The molecule has 3 N–H and O–H groups in total. The first-order valence-corrected chi connectivity index (χ1v) is 10.6. The molecule has 0 radical (unpaired) electrons. The van der Waals surface area contributed by atoms with Gasteiger partial charge in [-0.25, -0.2) is 4.79 Å². The Morgan fingerprint density at radius 3 is 2.33 bits per heavy atom. The van der Waals surface area contributed by atoms with E-state index in [1.807, 2.05) is 0 Å². The number of carbonyl (C=O) groups excluding carboxylic acids is 1. The summed E-state index contributed by atoms with van der Waals surface area (Å²) in [6, 6.07) is 5.06. The average molecular weight is 472 g/mol. The number of halogens is 2. The van der Waals surface area contributed by atoms with Crippen molar-refractivity contribution in [3.05, 3.63) is 61.4 Å². The van der Waals surface area contributed by atoms with Gasteiger partial charge in [-0.1, -0.05) is 23.2 Å². The maximum atomic E-state index is 12.4. The highest BCUT2D eigenvalue weighted by molar-refractivity contribution is 7.85. The third-order valence-corrected chi connectivity index (χ3v) is 5.87. The van der Waals surface area contributed by atoms with E-state index in [-0.39, 0.29) is 21.4 Å². The third-order valence-electron chi connectivity index (χ3n) is 4.48. The predicted octanol–water partition coefficient (Wildman–Crippen LogP) is 3.69. The van der Waals surface area contributed by atoms with Crippen LogP contribution in [0.5, 0.6) is 5.75 Å². The van der Waals surface area contributed by atoms with Gasteiger partial charge in [0.05, 0.1) is 26.9 Å². The lowest BCUT2D eigenvalue weighted by atomic mass is 10.0. The van der Waals surface area contributed by atoms with Crippen molar-refractivity contribution < 1.29 is 26.9 Å². The van der Waals surface area contributed by atoms with Crippen LogP contribution in [0.15, 0.2) is 38.4 Å². The quantitative estimate of drug-likeness (QED) is 0.193. The first-order chi connectivity index (χ1) is 13.9. The van der Waals surface area contributed by atoms with Gasteiger partial charge in [-0.15, -0.1) is 0 Å². The van der Waals surface area contributed by atoms with E-state index >= 15 is 0 Å². The SMILES string of the molecule is Cc1cc2c(C)c(CC(=O)Oc3c(Cl)cc(S(=O)(=O)O)cc3Cl)c(=O)oc2cc1N. The summed E-state index contributed by atoms with van der Waals surface area (Å²) in [7, 11) is -4.55. The van der Waals surface area contributed by atoms with Crippen molar-refractivity contribution in [2.45, 2.75) is 25.2 Å². The van der Waals surface area contributed by atoms with Crippen molar-refractivity contribution in [1.29, 1.82) is 0 Å². The Labute approximate surface area is 180 Å². The van der Waals surface area contributed by atoms with E-state index < -0.39 is 33.0 Å². The fourth-order valence-electron chi connectivity index (χ4n) is 2.84. The number of hydrogen-bond acceptors (Lipinski definition) is 7. The van der Waals surface area contributed by atoms with Gasteiger partial charge in [0.25, 0.3) is 10.1 Å². The van der Waals surface area contributed by atoms with Crippen LogP contribution in [0.4, 0.5) is 5.69 Å². The zero-order valence-electron chi connectivity index (χ0n) is 15.7. The van der Waals surface area contributed by atoms with E-state index in [1.165, 1.54) is 6.07 Å². The van der Waals surface area contributed by atoms with E-state index in [1.54, 1.807) is 19.9 Å². The zero-order valence-corrected chi connectivity index (χ0v) is 18.0. The van der Waals surface area contributed by atoms with E-state index in [2.05, 4.69) is 0 Å². The van der Waals surface area contributed by atoms with E-state index in [0.717, 1.165) is 17.7 Å². The standard InChI is InChI=1S/C19H15Cl2NO7S/c1-8-3-11-9(2)12(19(24)28-16(11)7-15(8)22)6-17(23)29-18-13(20)4-10(5-14(18)21)30(25,26)27/h3-5,7H,6,22H2,1-2H3,(H,25,26,27). The summed E-state index contributed by atoms with van der Waals surface area (Å²) in [5, 5.41) is 0.00589. The normalized spacial score (nSPS) is 11.6. The van der Waals surface area contributed by atoms with Crippen LogP contribution < -0.4 is 16.1 Å². The van der Waals surface area contributed by atoms with Crippen molar-refractivity contribution in [3.8, 4) is 5.75 Å². The maximum absolute atomic E-state index is 12.4. The Kier molecular flexibility index (Phi) is 5.83. The van der Waals surface area contributed by atoms with Gasteiger partial charge in [-0.2, -0.15) is 8.42 Å². The van der Waals surface area contributed by atoms with Crippen molar-refractivity contribution in [2.24, 2.45) is 0 Å². The lowest BCUT2D eigenvalue weighted by molar-refractivity contribution is -0.133. The molecule has 1 aromatic heterocycles. The van der Waals surface area contributed by atoms with Crippen molar-refractivity contribution in [3.63, 3.8) is 0 Å². The molecular formula is C19H15Cl2NO7S. The van der Waals surface area contributed by atoms with Crippen LogP contribution in [0.1, 0.15) is 16.7 Å². The van der Waals surface area contributed by atoms with Crippen molar-refractivity contribution in [2.75, 3.05) is 5.73 Å². The summed E-state index contributed by atoms with van der Waals surface area (Å²) in [6.07, 6.45) is -0.444. The largest absolute Gasteiger partial charge is 0.423 e. The fourth-order valence-corrected chi connectivity index (χ4v) is 4.07. The van der Waals surface area contributed by atoms with Crippen LogP contribution >= 0.6 is 23.2 Å². The molecule has 8 nitrogen and oxygen atoms in total. The summed E-state index contributed by atoms with van der Waals surface area (Å²) in [4.78, 5) is 24.2. The Bertz CT molecular complexity index is 1340. The summed E-state index contributed by atoms with van der Waals surface area (Å²) in [5.41, 5.74) is 7.28. The van der Waals surface area contributed by atoms with Gasteiger partial charge in [-0.05, 0) is 43.2 Å². The van der Waals surface area contributed by atoms with Gasteiger partial charge < -0.3 is 14.9 Å². The Hall–Kier alpha value is -2.59. The number of fused-ring (bicyclic) bond motifs is 1. The van der Waals surface area contributed by atoms with Crippen molar-refractivity contribution in [1.82, 2.24) is 0 Å². The smallest absolute Gasteiger partial charge is 0.340 e. The molecule has 3 aromatic rings. The lowest BCUT2D eigenvalue weighted by Gasteiger charge is -2.11. The van der Waals surface area contributed by atoms with Gasteiger partial charge in [-0.3, -0.25) is 9.35 Å². The third kappa shape index (κ3) is 4.29. The Morgan fingerprint density at radius 2 is 1.77 bits per heavy atom. The van der Waals surface area contributed by atoms with Gasteiger partial charge in [0.1, 0.15) is 5.58 Å². The van der Waals surface area contributed by atoms with Gasteiger partial charge in [0.15, 0.2) is 5.75 Å². The summed E-state index contributed by atoms with van der Waals surface area (Å²) in [6.45, 7) is 3.46. The molecule has 0 aliphatic carbocycles. The molecule has 0 atom stereocenters. The number of anilines is 1. The summed E-state index contributed by atoms with van der Waals surface area (Å²) < 4.78 is 41.9. The molecule has 0 saturated heterocycles. The molecule has 0 amide bonds. The molecular weight excluding hydrogens is 457 g/mol. The number of nitrogen functional groups attached to an aromatic ring is 1. The molecule has 0 bridgehead atoms. The Balaban J connectivity index is 1.95. The second kappa shape index (κ2) is 7.92. The molecule has 30 heavy (non-hydrogen) atoms. The van der Waals surface area contributed by atoms with Crippen LogP contribution in [-0.2, 0) is 21.3 Å². The lowest BCUT2D eigenvalue weighted by Crippen LogP contribution is -2.19. The molecule has 3 rings (SSSR count). The molecule has 2 aromatic carbocycles. The molecule has 11 heteroatoms. The molecule has 0 saturated carbocycles. The molecule has 158 valence electrons. The number of aryl methyl sites for hydroxylation is 2. The van der Waals surface area contributed by atoms with E-state index in [9.17, 15) is 18.0 Å². The predicted molar refractivity (Wildman–Crippen MR) is 112 cm³/mol. The van der Waals surface area contributed by atoms with E-state index in [4.69, 9.17) is 42.6 Å². The molecule has 0 spiro atoms. The first-order valence-electron chi connectivity index (χ1n) is 8.38. The first kappa shape index (κ1) is 22.1. The van der Waals surface area contributed by atoms with Crippen LogP contribution in [0.25, 0.3) is 11.0 Å². The maximum Gasteiger partial charge on any atom is 0.340 e. The Morgan fingerprint density at radius 1 is 1.17 bits per heavy atom. The molecule has 0 unspecified atom stereocenters. The zero-order chi connectivity index (χ0) is 22.4. The van der Waals surface area contributed by atoms with Crippen LogP contribution in [0, 0.1) is 13.8 Å². The topological polar surface area (TPSA) is 137 Å². The van der Waals surface area contributed by atoms with E-state index in [0.29, 0.717) is 22.2 Å². The number of esters is 1. The summed E-state index contributed by atoms with van der Waals surface area (Å²) in [5.74, 6) is -1.18.